The molecule has 2 saturated heterocycles. The number of aromatic amines is 1. The monoisotopic (exact) mass is 1020 g/mol. The maximum atomic E-state index is 15.7. The summed E-state index contributed by atoms with van der Waals surface area (Å²) in [6.45, 7) is 11.4. The van der Waals surface area contributed by atoms with Gasteiger partial charge in [-0.3, -0.25) is 33.7 Å². The Morgan fingerprint density at radius 3 is 2.22 bits per heavy atom. The van der Waals surface area contributed by atoms with Crippen molar-refractivity contribution >= 4 is 52.2 Å². The molecule has 16 nitrogen and oxygen atoms in total. The number of H-pyrrole nitrogens is 1. The summed E-state index contributed by atoms with van der Waals surface area (Å²) >= 11 is 1.53. The normalized spacial score (nSPS) is 18.9. The van der Waals surface area contributed by atoms with Crippen LogP contribution in [0, 0.1) is 18.2 Å². The molecule has 6 N–H and O–H groups in total. The van der Waals surface area contributed by atoms with Gasteiger partial charge < -0.3 is 41.2 Å². The van der Waals surface area contributed by atoms with Gasteiger partial charge in [-0.2, -0.15) is 13.2 Å². The van der Waals surface area contributed by atoms with Crippen molar-refractivity contribution < 1.29 is 46.6 Å². The zero-order chi connectivity index (χ0) is 52.4. The van der Waals surface area contributed by atoms with Crippen LogP contribution in [-0.4, -0.2) is 118 Å². The largest absolute Gasteiger partial charge is 0.417 e. The third-order valence-electron chi connectivity index (χ3n) is 13.1. The van der Waals surface area contributed by atoms with Crippen molar-refractivity contribution in [2.24, 2.45) is 5.41 Å². The number of aryl methyl sites for hydroxylation is 1. The van der Waals surface area contributed by atoms with Gasteiger partial charge in [-0.15, -0.1) is 11.3 Å². The van der Waals surface area contributed by atoms with E-state index in [-0.39, 0.29) is 54.0 Å². The summed E-state index contributed by atoms with van der Waals surface area (Å²) in [4.78, 5) is 93.1. The molecule has 3 aromatic carbocycles. The Morgan fingerprint density at radius 1 is 0.903 bits per heavy atom. The molecule has 0 bridgehead atoms. The Kier molecular flexibility index (Phi) is 15.7. The van der Waals surface area contributed by atoms with Gasteiger partial charge >= 0.3 is 6.18 Å². The maximum Gasteiger partial charge on any atom is 0.417 e. The predicted molar refractivity (Wildman–Crippen MR) is 265 cm³/mol. The molecular weight excluding hydrogens is 959 g/mol. The number of hydrogen-bond donors (Lipinski definition) is 6. The Bertz CT molecular complexity index is 2910. The van der Waals surface area contributed by atoms with Crippen LogP contribution in [0.25, 0.3) is 21.6 Å². The average Bonchev–Trinajstić information content (AvgIpc) is 3.95. The first kappa shape index (κ1) is 52.8. The maximum absolute atomic E-state index is 15.7. The van der Waals surface area contributed by atoms with Gasteiger partial charge in [0.05, 0.1) is 51.2 Å². The van der Waals surface area contributed by atoms with Gasteiger partial charge in [-0.1, -0.05) is 51.1 Å². The summed E-state index contributed by atoms with van der Waals surface area (Å²) in [5, 5.41) is 21.2. The van der Waals surface area contributed by atoms with E-state index in [1.54, 1.807) is 38.4 Å². The number of rotatable bonds is 13. The number of amides is 5. The van der Waals surface area contributed by atoms with Crippen molar-refractivity contribution in [3.63, 3.8) is 0 Å². The number of piperazine rings is 1. The number of anilines is 2. The second kappa shape index (κ2) is 21.4. The van der Waals surface area contributed by atoms with Crippen LogP contribution in [0.3, 0.4) is 0 Å². The number of β-amino-alcohol motifs (C(OH)–C–C–N with tert-alkyl or cyclic N) is 1. The molecule has 5 aromatic rings. The van der Waals surface area contributed by atoms with E-state index in [4.69, 9.17) is 0 Å². The lowest BCUT2D eigenvalue weighted by molar-refractivity contribution is -0.143. The highest BCUT2D eigenvalue weighted by molar-refractivity contribution is 7.13. The fourth-order valence-corrected chi connectivity index (χ4v) is 9.72. The number of aliphatic hydroxyl groups excluding tert-OH is 1. The Balaban J connectivity index is 1.04. The highest BCUT2D eigenvalue weighted by atomic mass is 32.1. The highest BCUT2D eigenvalue weighted by Gasteiger charge is 2.44. The van der Waals surface area contributed by atoms with Gasteiger partial charge in [0, 0.05) is 68.1 Å². The molecule has 2 aromatic heterocycles. The summed E-state index contributed by atoms with van der Waals surface area (Å²) in [5.41, 5.74) is 0.686. The fourth-order valence-electron chi connectivity index (χ4n) is 8.91. The molecule has 2 aliphatic heterocycles. The zero-order valence-corrected chi connectivity index (χ0v) is 41.6. The van der Waals surface area contributed by atoms with E-state index >= 15 is 4.39 Å². The van der Waals surface area contributed by atoms with Crippen molar-refractivity contribution in [3.8, 4) is 21.6 Å². The fraction of sp³-hybridized carbons (Fsp3) is 0.392. The Hall–Kier alpha value is -6.97. The number of likely N-dealkylation sites (N-methyl/N-ethyl adjacent to an activating group) is 1. The summed E-state index contributed by atoms with van der Waals surface area (Å²) in [7, 11) is 1.96. The Labute approximate surface area is 417 Å². The molecule has 5 amide bonds. The summed E-state index contributed by atoms with van der Waals surface area (Å²) < 4.78 is 57.8. The minimum Gasteiger partial charge on any atom is -0.391 e. The first-order valence-corrected chi connectivity index (χ1v) is 24.1. The van der Waals surface area contributed by atoms with Gasteiger partial charge in [-0.25, -0.2) is 9.37 Å². The first-order chi connectivity index (χ1) is 33.9. The van der Waals surface area contributed by atoms with E-state index < -0.39 is 88.4 Å². The second-order valence-corrected chi connectivity index (χ2v) is 20.3. The molecule has 0 spiro atoms. The van der Waals surface area contributed by atoms with Crippen LogP contribution in [0.2, 0.25) is 0 Å². The van der Waals surface area contributed by atoms with Gasteiger partial charge in [0.1, 0.15) is 17.9 Å². The number of alkyl halides is 3. The predicted octanol–water partition coefficient (Wildman–Crippen LogP) is 5.95. The van der Waals surface area contributed by atoms with Crippen LogP contribution in [0.4, 0.5) is 28.9 Å². The lowest BCUT2D eigenvalue weighted by atomic mass is 9.85. The number of hydrogen-bond acceptors (Lipinski definition) is 11. The summed E-state index contributed by atoms with van der Waals surface area (Å²) in [6.07, 6.45) is -5.37. The van der Waals surface area contributed by atoms with Crippen LogP contribution in [0.5, 0.6) is 0 Å². The number of halogens is 4. The molecule has 72 heavy (non-hydrogen) atoms. The second-order valence-electron chi connectivity index (χ2n) is 19.4. The molecule has 5 atom stereocenters. The van der Waals surface area contributed by atoms with Crippen molar-refractivity contribution in [1.82, 2.24) is 35.7 Å². The number of nitrogens with zero attached hydrogens (tertiary/aromatic N) is 4. The first-order valence-electron chi connectivity index (χ1n) is 23.2. The minimum atomic E-state index is -5.04. The topological polar surface area (TPSA) is 209 Å². The molecule has 21 heteroatoms. The number of likely N-dealkylation sites (tertiary alicyclic amines) is 1. The van der Waals surface area contributed by atoms with E-state index in [1.165, 1.54) is 34.4 Å². The van der Waals surface area contributed by atoms with E-state index in [0.29, 0.717) is 31.0 Å². The van der Waals surface area contributed by atoms with Crippen LogP contribution in [0.1, 0.15) is 78.6 Å². The number of carbonyl (C=O) groups excluding carboxylic acids is 5. The average molecular weight is 1020 g/mol. The van der Waals surface area contributed by atoms with E-state index in [1.807, 2.05) is 57.0 Å². The number of thiazole rings is 1. The van der Waals surface area contributed by atoms with E-state index in [0.717, 1.165) is 27.8 Å². The van der Waals surface area contributed by atoms with Crippen molar-refractivity contribution in [2.75, 3.05) is 43.4 Å². The van der Waals surface area contributed by atoms with Crippen molar-refractivity contribution in [3.05, 3.63) is 123 Å². The molecule has 7 rings (SSSR count). The van der Waals surface area contributed by atoms with Gasteiger partial charge in [0.25, 0.3) is 11.8 Å². The molecule has 0 unspecified atom stereocenters. The molecule has 0 aliphatic carbocycles. The van der Waals surface area contributed by atoms with E-state index in [2.05, 4.69) is 36.1 Å². The standard InChI is InChI=1S/C51H57F4N9O7S/c1-27-23-63(24-28(2)62(27)7)40-15-13-32(17-39(40)60-47(69)36-21-56-42(66)19-37(36)51(53,54)55)35-16-33(12-14-38(35)52)46(68)58-22-43(67)61-45(50(4,5)6)49(71)64-25-34(65)18-41(64)48(70)57-20-30-8-10-31(11-9-30)44-29(3)59-26-72-44/h8-17,19,21,26-28,34,41,45,65H,18,20,22-25H2,1-7H3,(H,56,66)(H,57,70)(H,58,68)(H,60,69)(H,61,67)/t27-,28+,34-,41+,45+/m0/s1. The van der Waals surface area contributed by atoms with Gasteiger partial charge in [0.15, 0.2) is 0 Å². The molecule has 2 fully saturated rings. The van der Waals surface area contributed by atoms with Crippen LogP contribution in [-0.2, 0) is 27.1 Å². The molecule has 4 heterocycles. The van der Waals surface area contributed by atoms with Crippen molar-refractivity contribution in [1.29, 1.82) is 0 Å². The third-order valence-corrected chi connectivity index (χ3v) is 14.1. The van der Waals surface area contributed by atoms with Crippen molar-refractivity contribution in [2.45, 2.75) is 91.0 Å². The lowest BCUT2D eigenvalue weighted by Gasteiger charge is -2.44. The number of nitrogens with one attached hydrogen (secondary N) is 5. The molecule has 0 radical (unpaired) electrons. The van der Waals surface area contributed by atoms with Crippen LogP contribution < -0.4 is 31.7 Å². The molecule has 0 saturated carbocycles. The van der Waals surface area contributed by atoms with Crippen LogP contribution in [0.15, 0.2) is 83.2 Å². The highest BCUT2D eigenvalue weighted by Crippen LogP contribution is 2.37. The number of pyridine rings is 1. The number of carbonyl (C=O) groups is 5. The van der Waals surface area contributed by atoms with Crippen LogP contribution >= 0.6 is 11.3 Å². The number of aliphatic hydroxyl groups is 1. The van der Waals surface area contributed by atoms with Gasteiger partial charge in [0.2, 0.25) is 23.3 Å². The molecular formula is C51H57F4N9O7S. The zero-order valence-electron chi connectivity index (χ0n) is 40.7. The smallest absolute Gasteiger partial charge is 0.391 e. The lowest BCUT2D eigenvalue weighted by Crippen LogP contribution is -2.58. The summed E-state index contributed by atoms with van der Waals surface area (Å²) in [5.74, 6) is -4.59. The molecule has 382 valence electrons. The summed E-state index contributed by atoms with van der Waals surface area (Å²) in [6, 6.07) is 13.8. The SMILES string of the molecule is Cc1ncsc1-c1ccc(CNC(=O)[C@H]2C[C@H](O)CN2C(=O)[C@@H](NC(=O)CNC(=O)c2ccc(F)c(-c3ccc(N4C[C@@H](C)N(C)[C@@H](C)C4)c(NC(=O)c4c[nH]c(=O)cc4C(F)(F)F)c3)c2)C(C)(C)C)cc1. The Morgan fingerprint density at radius 2 is 1.58 bits per heavy atom. The molecule has 2 aliphatic rings. The third kappa shape index (κ3) is 12.0. The number of aromatic nitrogens is 2. The van der Waals surface area contributed by atoms with Gasteiger partial charge in [-0.05, 0) is 80.3 Å². The van der Waals surface area contributed by atoms with E-state index in [9.17, 15) is 47.0 Å². The quantitative estimate of drug-likeness (QED) is 0.0764. The minimum absolute atomic E-state index is 0.0177. The number of benzene rings is 3.